The maximum absolute atomic E-state index is 12.4. The van der Waals surface area contributed by atoms with E-state index in [1.807, 2.05) is 20.8 Å². The quantitative estimate of drug-likeness (QED) is 0.879. The first-order valence-corrected chi connectivity index (χ1v) is 7.75. The molecule has 0 aromatic carbocycles. The smallest absolute Gasteiger partial charge is 0.341 e. The Balaban J connectivity index is 2.33. The van der Waals surface area contributed by atoms with Crippen LogP contribution in [0.3, 0.4) is 0 Å². The van der Waals surface area contributed by atoms with Crippen LogP contribution >= 0.6 is 11.3 Å². The number of amides is 1. The minimum absolute atomic E-state index is 0.280. The Hall–Kier alpha value is -2.15. The van der Waals surface area contributed by atoms with Crippen LogP contribution in [0, 0.1) is 20.8 Å². The summed E-state index contributed by atoms with van der Waals surface area (Å²) in [6, 6.07) is 0. The fourth-order valence-electron chi connectivity index (χ4n) is 2.06. The summed E-state index contributed by atoms with van der Waals surface area (Å²) in [6.45, 7) is 7.63. The number of ether oxygens (including phenoxy) is 1. The zero-order chi connectivity index (χ0) is 16.4. The highest BCUT2D eigenvalue weighted by Crippen LogP contribution is 2.33. The molecule has 0 saturated heterocycles. The molecule has 0 spiro atoms. The van der Waals surface area contributed by atoms with Crippen molar-refractivity contribution in [3.05, 3.63) is 33.5 Å². The molecular weight excluding hydrogens is 302 g/mol. The number of aryl methyl sites for hydroxylation is 2. The van der Waals surface area contributed by atoms with Gasteiger partial charge in [0.05, 0.1) is 23.9 Å². The minimum Gasteiger partial charge on any atom is -0.462 e. The van der Waals surface area contributed by atoms with Crippen LogP contribution in [0.2, 0.25) is 0 Å². The van der Waals surface area contributed by atoms with Crippen LogP contribution in [0.4, 0.5) is 5.00 Å². The summed E-state index contributed by atoms with van der Waals surface area (Å²) >= 11 is 1.37. The average Bonchev–Trinajstić information content (AvgIpc) is 2.92. The highest BCUT2D eigenvalue weighted by molar-refractivity contribution is 7.16. The lowest BCUT2D eigenvalue weighted by Crippen LogP contribution is -2.15. The van der Waals surface area contributed by atoms with Crippen molar-refractivity contribution in [1.82, 2.24) is 9.78 Å². The van der Waals surface area contributed by atoms with Crippen molar-refractivity contribution in [1.29, 1.82) is 0 Å². The molecule has 0 aliphatic carbocycles. The Labute approximate surface area is 133 Å². The molecule has 6 nitrogen and oxygen atoms in total. The molecule has 0 atom stereocenters. The Bertz CT molecular complexity index is 731. The second kappa shape index (κ2) is 6.31. The summed E-state index contributed by atoms with van der Waals surface area (Å²) in [6.07, 6.45) is 1.52. The van der Waals surface area contributed by atoms with Crippen LogP contribution in [0.25, 0.3) is 0 Å². The van der Waals surface area contributed by atoms with Gasteiger partial charge < -0.3 is 10.1 Å². The Morgan fingerprint density at radius 2 is 2.05 bits per heavy atom. The van der Waals surface area contributed by atoms with Crippen molar-refractivity contribution in [3.63, 3.8) is 0 Å². The first kappa shape index (κ1) is 16.2. The SMILES string of the molecule is CCOC(=O)c1c(NC(=O)c2cnn(C)c2C)sc(C)c1C. The second-order valence-corrected chi connectivity index (χ2v) is 6.15. The minimum atomic E-state index is -0.414. The normalized spacial score (nSPS) is 10.6. The van der Waals surface area contributed by atoms with Crippen molar-refractivity contribution in [2.45, 2.75) is 27.7 Å². The number of aromatic nitrogens is 2. The number of carbonyl (C=O) groups excluding carboxylic acids is 2. The Morgan fingerprint density at radius 3 is 2.59 bits per heavy atom. The molecule has 0 fully saturated rings. The fraction of sp³-hybridized carbons (Fsp3) is 0.400. The van der Waals surface area contributed by atoms with Gasteiger partial charge in [0.15, 0.2) is 0 Å². The lowest BCUT2D eigenvalue weighted by atomic mass is 10.1. The molecule has 118 valence electrons. The molecule has 0 bridgehead atoms. The van der Waals surface area contributed by atoms with E-state index in [0.717, 1.165) is 16.1 Å². The van der Waals surface area contributed by atoms with Gasteiger partial charge in [-0.1, -0.05) is 0 Å². The zero-order valence-corrected chi connectivity index (χ0v) is 14.1. The molecular formula is C15H19N3O3S. The van der Waals surface area contributed by atoms with Crippen molar-refractivity contribution < 1.29 is 14.3 Å². The van der Waals surface area contributed by atoms with Crippen molar-refractivity contribution in [2.24, 2.45) is 7.05 Å². The lowest BCUT2D eigenvalue weighted by Gasteiger charge is -2.07. The molecule has 2 aromatic rings. The van der Waals surface area contributed by atoms with Crippen LogP contribution < -0.4 is 5.32 Å². The van der Waals surface area contributed by atoms with Crippen LogP contribution in [-0.2, 0) is 11.8 Å². The number of esters is 1. The summed E-state index contributed by atoms with van der Waals surface area (Å²) in [7, 11) is 1.77. The van der Waals surface area contributed by atoms with Gasteiger partial charge in [-0.2, -0.15) is 5.10 Å². The number of rotatable bonds is 4. The number of hydrogen-bond donors (Lipinski definition) is 1. The van der Waals surface area contributed by atoms with Gasteiger partial charge in [-0.3, -0.25) is 9.48 Å². The van der Waals surface area contributed by atoms with Crippen LogP contribution in [0.5, 0.6) is 0 Å². The first-order valence-electron chi connectivity index (χ1n) is 6.93. The average molecular weight is 321 g/mol. The van der Waals surface area contributed by atoms with E-state index in [9.17, 15) is 9.59 Å². The second-order valence-electron chi connectivity index (χ2n) is 4.93. The Morgan fingerprint density at radius 1 is 1.36 bits per heavy atom. The van der Waals surface area contributed by atoms with Crippen molar-refractivity contribution in [2.75, 3.05) is 11.9 Å². The van der Waals surface area contributed by atoms with Gasteiger partial charge in [-0.25, -0.2) is 4.79 Å². The lowest BCUT2D eigenvalue weighted by molar-refractivity contribution is 0.0527. The predicted molar refractivity (Wildman–Crippen MR) is 85.6 cm³/mol. The Kier molecular flexibility index (Phi) is 4.65. The fourth-order valence-corrected chi connectivity index (χ4v) is 3.10. The van der Waals surface area contributed by atoms with E-state index < -0.39 is 5.97 Å². The van der Waals surface area contributed by atoms with Gasteiger partial charge in [-0.15, -0.1) is 11.3 Å². The molecule has 2 rings (SSSR count). The third-order valence-corrected chi connectivity index (χ3v) is 4.69. The summed E-state index contributed by atoms with van der Waals surface area (Å²) in [4.78, 5) is 25.5. The number of hydrogen-bond acceptors (Lipinski definition) is 5. The van der Waals surface area contributed by atoms with E-state index >= 15 is 0 Å². The maximum atomic E-state index is 12.4. The highest BCUT2D eigenvalue weighted by atomic mass is 32.1. The predicted octanol–water partition coefficient (Wildman–Crippen LogP) is 2.84. The largest absolute Gasteiger partial charge is 0.462 e. The number of thiophene rings is 1. The molecule has 2 heterocycles. The third kappa shape index (κ3) is 2.89. The maximum Gasteiger partial charge on any atom is 0.341 e. The summed E-state index contributed by atoms with van der Waals surface area (Å²) in [5.74, 6) is -0.694. The molecule has 2 aromatic heterocycles. The highest BCUT2D eigenvalue weighted by Gasteiger charge is 2.23. The van der Waals surface area contributed by atoms with Gasteiger partial charge >= 0.3 is 5.97 Å². The van der Waals surface area contributed by atoms with E-state index in [2.05, 4.69) is 10.4 Å². The van der Waals surface area contributed by atoms with Gasteiger partial charge in [0.1, 0.15) is 5.00 Å². The molecule has 0 unspecified atom stereocenters. The van der Waals surface area contributed by atoms with E-state index in [4.69, 9.17) is 4.74 Å². The number of nitrogens with one attached hydrogen (secondary N) is 1. The van der Waals surface area contributed by atoms with E-state index in [0.29, 0.717) is 22.7 Å². The standard InChI is InChI=1S/C15H19N3O3S/c1-6-21-15(20)12-8(2)10(4)22-14(12)17-13(19)11-7-16-18(5)9(11)3/h7H,6H2,1-5H3,(H,17,19). The number of nitrogens with zero attached hydrogens (tertiary/aromatic N) is 2. The van der Waals surface area contributed by atoms with E-state index in [-0.39, 0.29) is 5.91 Å². The molecule has 7 heteroatoms. The molecule has 0 aliphatic heterocycles. The summed E-state index contributed by atoms with van der Waals surface area (Å²) < 4.78 is 6.71. The molecule has 1 amide bonds. The van der Waals surface area contributed by atoms with E-state index in [1.54, 1.807) is 18.7 Å². The molecule has 0 saturated carbocycles. The summed E-state index contributed by atoms with van der Waals surface area (Å²) in [5, 5.41) is 7.38. The van der Waals surface area contributed by atoms with Crippen molar-refractivity contribution >= 4 is 28.2 Å². The van der Waals surface area contributed by atoms with Gasteiger partial charge in [-0.05, 0) is 33.3 Å². The molecule has 1 N–H and O–H groups in total. The number of anilines is 1. The van der Waals surface area contributed by atoms with Gasteiger partial charge in [0.25, 0.3) is 5.91 Å². The summed E-state index contributed by atoms with van der Waals surface area (Å²) in [5.41, 5.74) is 2.52. The van der Waals surface area contributed by atoms with E-state index in [1.165, 1.54) is 17.5 Å². The van der Waals surface area contributed by atoms with Gasteiger partial charge in [0, 0.05) is 17.6 Å². The van der Waals surface area contributed by atoms with Crippen LogP contribution in [0.15, 0.2) is 6.20 Å². The van der Waals surface area contributed by atoms with Gasteiger partial charge in [0.2, 0.25) is 0 Å². The first-order chi connectivity index (χ1) is 10.4. The molecule has 0 aliphatic rings. The number of carbonyl (C=O) groups is 2. The monoisotopic (exact) mass is 321 g/mol. The topological polar surface area (TPSA) is 73.2 Å². The molecule has 22 heavy (non-hydrogen) atoms. The molecule has 0 radical (unpaired) electrons. The van der Waals surface area contributed by atoms with Crippen LogP contribution in [0.1, 0.15) is 43.8 Å². The van der Waals surface area contributed by atoms with Crippen molar-refractivity contribution in [3.8, 4) is 0 Å². The third-order valence-electron chi connectivity index (χ3n) is 3.57. The van der Waals surface area contributed by atoms with Crippen LogP contribution in [-0.4, -0.2) is 28.3 Å². The zero-order valence-electron chi connectivity index (χ0n) is 13.3.